The van der Waals surface area contributed by atoms with Gasteiger partial charge in [0.15, 0.2) is 9.84 Å². The third-order valence-electron chi connectivity index (χ3n) is 2.41. The minimum atomic E-state index is -2.76. The SMILES string of the molecule is CN1CCOC2(C1)CS(=O)(=O)C2. The largest absolute Gasteiger partial charge is 0.370 e. The Balaban J connectivity index is 2.05. The molecule has 0 unspecified atom stereocenters. The Morgan fingerprint density at radius 1 is 1.42 bits per heavy atom. The molecule has 0 N–H and O–H groups in total. The van der Waals surface area contributed by atoms with E-state index in [2.05, 4.69) is 4.90 Å². The van der Waals surface area contributed by atoms with Crippen molar-refractivity contribution in [3.05, 3.63) is 0 Å². The van der Waals surface area contributed by atoms with Crippen LogP contribution in [0.1, 0.15) is 0 Å². The number of sulfone groups is 1. The molecule has 5 heteroatoms. The maximum atomic E-state index is 11.0. The average Bonchev–Trinajstić information content (AvgIpc) is 1.81. The molecule has 0 saturated carbocycles. The average molecular weight is 191 g/mol. The molecule has 70 valence electrons. The summed E-state index contributed by atoms with van der Waals surface area (Å²) in [6.45, 7) is 2.32. The van der Waals surface area contributed by atoms with Crippen molar-refractivity contribution in [2.75, 3.05) is 38.2 Å². The molecule has 0 aromatic carbocycles. The summed E-state index contributed by atoms with van der Waals surface area (Å²) >= 11 is 0. The van der Waals surface area contributed by atoms with Crippen molar-refractivity contribution in [2.45, 2.75) is 5.60 Å². The fourth-order valence-electron chi connectivity index (χ4n) is 1.97. The predicted octanol–water partition coefficient (Wildman–Crippen LogP) is -0.884. The van der Waals surface area contributed by atoms with E-state index in [1.165, 1.54) is 0 Å². The van der Waals surface area contributed by atoms with Gasteiger partial charge in [-0.3, -0.25) is 0 Å². The Morgan fingerprint density at radius 3 is 2.58 bits per heavy atom. The first-order valence-electron chi connectivity index (χ1n) is 4.04. The fourth-order valence-corrected chi connectivity index (χ4v) is 3.84. The van der Waals surface area contributed by atoms with Gasteiger partial charge in [-0.25, -0.2) is 8.42 Å². The van der Waals surface area contributed by atoms with Crippen LogP contribution in [0.2, 0.25) is 0 Å². The lowest BCUT2D eigenvalue weighted by Gasteiger charge is -2.46. The molecule has 2 saturated heterocycles. The first-order valence-corrected chi connectivity index (χ1v) is 5.87. The molecule has 0 radical (unpaired) electrons. The lowest BCUT2D eigenvalue weighted by atomic mass is 10.1. The summed E-state index contributed by atoms with van der Waals surface area (Å²) in [7, 11) is -0.769. The van der Waals surface area contributed by atoms with Crippen LogP contribution in [0.15, 0.2) is 0 Å². The maximum Gasteiger partial charge on any atom is 0.156 e. The van der Waals surface area contributed by atoms with Gasteiger partial charge in [-0.05, 0) is 7.05 Å². The molecule has 0 aliphatic carbocycles. The van der Waals surface area contributed by atoms with Crippen molar-refractivity contribution in [1.82, 2.24) is 4.90 Å². The van der Waals surface area contributed by atoms with Gasteiger partial charge in [0.1, 0.15) is 5.60 Å². The quantitative estimate of drug-likeness (QED) is 0.498. The minimum Gasteiger partial charge on any atom is -0.370 e. The van der Waals surface area contributed by atoms with E-state index in [0.717, 1.165) is 13.1 Å². The Labute approximate surface area is 72.4 Å². The van der Waals surface area contributed by atoms with E-state index >= 15 is 0 Å². The van der Waals surface area contributed by atoms with E-state index < -0.39 is 9.84 Å². The summed E-state index contributed by atoms with van der Waals surface area (Å²) < 4.78 is 27.4. The van der Waals surface area contributed by atoms with Crippen LogP contribution in [0, 0.1) is 0 Å². The molecule has 1 spiro atoms. The van der Waals surface area contributed by atoms with Crippen molar-refractivity contribution >= 4 is 9.84 Å². The predicted molar refractivity (Wildman–Crippen MR) is 44.8 cm³/mol. The number of likely N-dealkylation sites (N-methyl/N-ethyl adjacent to an activating group) is 1. The highest BCUT2D eigenvalue weighted by molar-refractivity contribution is 7.93. The highest BCUT2D eigenvalue weighted by atomic mass is 32.2. The van der Waals surface area contributed by atoms with Crippen LogP contribution < -0.4 is 0 Å². The van der Waals surface area contributed by atoms with Gasteiger partial charge >= 0.3 is 0 Å². The number of rotatable bonds is 0. The Bertz CT molecular complexity index is 273. The van der Waals surface area contributed by atoms with E-state index in [0.29, 0.717) is 6.61 Å². The van der Waals surface area contributed by atoms with Gasteiger partial charge in [-0.1, -0.05) is 0 Å². The fraction of sp³-hybridized carbons (Fsp3) is 1.00. The summed E-state index contributed by atoms with van der Waals surface area (Å²) in [6, 6.07) is 0. The van der Waals surface area contributed by atoms with Crippen molar-refractivity contribution in [3.8, 4) is 0 Å². The second kappa shape index (κ2) is 2.43. The number of hydrogen-bond acceptors (Lipinski definition) is 4. The van der Waals surface area contributed by atoms with Gasteiger partial charge in [0.25, 0.3) is 0 Å². The van der Waals surface area contributed by atoms with Crippen molar-refractivity contribution in [3.63, 3.8) is 0 Å². The highest BCUT2D eigenvalue weighted by Gasteiger charge is 2.51. The van der Waals surface area contributed by atoms with E-state index in [4.69, 9.17) is 4.74 Å². The summed E-state index contributed by atoms with van der Waals surface area (Å²) in [4.78, 5) is 2.12. The van der Waals surface area contributed by atoms with Gasteiger partial charge in [-0.15, -0.1) is 0 Å². The lowest BCUT2D eigenvalue weighted by Crippen LogP contribution is -2.65. The third kappa shape index (κ3) is 1.36. The molecule has 0 atom stereocenters. The highest BCUT2D eigenvalue weighted by Crippen LogP contribution is 2.30. The van der Waals surface area contributed by atoms with Crippen LogP contribution in [0.4, 0.5) is 0 Å². The zero-order valence-corrected chi connectivity index (χ0v) is 7.93. The Morgan fingerprint density at radius 2 is 2.08 bits per heavy atom. The summed E-state index contributed by atoms with van der Waals surface area (Å²) in [5.74, 6) is 0.425. The third-order valence-corrected chi connectivity index (χ3v) is 4.34. The second-order valence-electron chi connectivity index (χ2n) is 3.80. The summed E-state index contributed by atoms with van der Waals surface area (Å²) in [6.07, 6.45) is 0. The molecule has 2 rings (SSSR count). The van der Waals surface area contributed by atoms with Crippen molar-refractivity contribution in [2.24, 2.45) is 0 Å². The van der Waals surface area contributed by atoms with E-state index in [-0.39, 0.29) is 17.1 Å². The molecule has 2 aliphatic rings. The van der Waals surface area contributed by atoms with Gasteiger partial charge in [0.2, 0.25) is 0 Å². The molecule has 2 fully saturated rings. The summed E-state index contributed by atoms with van der Waals surface area (Å²) in [5.41, 5.74) is -0.355. The Hall–Kier alpha value is -0.130. The first kappa shape index (κ1) is 8.47. The molecular formula is C7H13NO3S. The number of nitrogens with zero attached hydrogens (tertiary/aromatic N) is 1. The van der Waals surface area contributed by atoms with Crippen LogP contribution in [0.5, 0.6) is 0 Å². The molecule has 0 aromatic heterocycles. The molecule has 2 heterocycles. The molecule has 0 amide bonds. The van der Waals surface area contributed by atoms with Gasteiger partial charge in [0.05, 0.1) is 18.1 Å². The van der Waals surface area contributed by atoms with Gasteiger partial charge in [-0.2, -0.15) is 0 Å². The van der Waals surface area contributed by atoms with E-state index in [1.54, 1.807) is 0 Å². The van der Waals surface area contributed by atoms with Crippen LogP contribution in [0.3, 0.4) is 0 Å². The standard InChI is InChI=1S/C7H13NO3S/c1-8-2-3-11-7(4-8)5-12(9,10)6-7/h2-6H2,1H3. The van der Waals surface area contributed by atoms with Crippen LogP contribution in [0.25, 0.3) is 0 Å². The smallest absolute Gasteiger partial charge is 0.156 e. The van der Waals surface area contributed by atoms with Crippen molar-refractivity contribution < 1.29 is 13.2 Å². The van der Waals surface area contributed by atoms with Crippen LogP contribution in [-0.2, 0) is 14.6 Å². The lowest BCUT2D eigenvalue weighted by molar-refractivity contribution is -0.0831. The van der Waals surface area contributed by atoms with Gasteiger partial charge < -0.3 is 9.64 Å². The molecule has 0 bridgehead atoms. The normalized spacial score (nSPS) is 33.1. The first-order chi connectivity index (χ1) is 5.52. The van der Waals surface area contributed by atoms with Crippen LogP contribution >= 0.6 is 0 Å². The maximum absolute atomic E-state index is 11.0. The summed E-state index contributed by atoms with van der Waals surface area (Å²) in [5, 5.41) is 0. The number of ether oxygens (including phenoxy) is 1. The topological polar surface area (TPSA) is 46.6 Å². The van der Waals surface area contributed by atoms with Crippen LogP contribution in [-0.4, -0.2) is 57.2 Å². The molecule has 12 heavy (non-hydrogen) atoms. The monoisotopic (exact) mass is 191 g/mol. The zero-order valence-electron chi connectivity index (χ0n) is 7.12. The molecule has 4 nitrogen and oxygen atoms in total. The zero-order chi connectivity index (χ0) is 8.82. The van der Waals surface area contributed by atoms with E-state index in [1.807, 2.05) is 7.05 Å². The molecular weight excluding hydrogens is 178 g/mol. The van der Waals surface area contributed by atoms with Crippen molar-refractivity contribution in [1.29, 1.82) is 0 Å². The number of morpholine rings is 1. The minimum absolute atomic E-state index is 0.213. The number of hydrogen-bond donors (Lipinski definition) is 0. The Kier molecular flexibility index (Phi) is 1.72. The van der Waals surface area contributed by atoms with E-state index in [9.17, 15) is 8.42 Å². The molecule has 2 aliphatic heterocycles. The molecule has 0 aromatic rings. The van der Waals surface area contributed by atoms with Gasteiger partial charge in [0, 0.05) is 13.1 Å². The second-order valence-corrected chi connectivity index (χ2v) is 5.87.